The SMILES string of the molecule is C=CCOC1CCC2CC(c3ccc(OC(F)F)c(F)c3)CCC2C1. The number of alkyl halides is 2. The molecule has 4 unspecified atom stereocenters. The summed E-state index contributed by atoms with van der Waals surface area (Å²) in [5.74, 6) is 0.518. The lowest BCUT2D eigenvalue weighted by Crippen LogP contribution is -2.33. The van der Waals surface area contributed by atoms with Gasteiger partial charge in [-0.3, -0.25) is 0 Å². The van der Waals surface area contributed by atoms with Crippen molar-refractivity contribution in [1.29, 1.82) is 0 Å². The third-order valence-corrected chi connectivity index (χ3v) is 5.66. The fraction of sp³-hybridized carbons (Fsp3) is 0.600. The lowest BCUT2D eigenvalue weighted by atomic mass is 9.65. The highest BCUT2D eigenvalue weighted by Crippen LogP contribution is 2.47. The van der Waals surface area contributed by atoms with E-state index in [1.54, 1.807) is 12.1 Å². The zero-order chi connectivity index (χ0) is 17.8. The first-order valence-corrected chi connectivity index (χ1v) is 9.03. The highest BCUT2D eigenvalue weighted by atomic mass is 19.3. The van der Waals surface area contributed by atoms with Gasteiger partial charge in [-0.2, -0.15) is 8.78 Å². The first-order chi connectivity index (χ1) is 12.1. The first-order valence-electron chi connectivity index (χ1n) is 9.03. The fourth-order valence-corrected chi connectivity index (χ4v) is 4.47. The molecular weight excluding hydrogens is 329 g/mol. The molecule has 2 aliphatic carbocycles. The summed E-state index contributed by atoms with van der Waals surface area (Å²) in [4.78, 5) is 0. The van der Waals surface area contributed by atoms with Crippen LogP contribution in [-0.2, 0) is 4.74 Å². The lowest BCUT2D eigenvalue weighted by Gasteiger charge is -2.42. The monoisotopic (exact) mass is 354 g/mol. The molecule has 1 aromatic rings. The van der Waals surface area contributed by atoms with E-state index in [2.05, 4.69) is 11.3 Å². The molecule has 2 nitrogen and oxygen atoms in total. The van der Waals surface area contributed by atoms with Crippen LogP contribution in [0.2, 0.25) is 0 Å². The second-order valence-electron chi connectivity index (χ2n) is 7.16. The maximum absolute atomic E-state index is 14.0. The van der Waals surface area contributed by atoms with E-state index in [1.807, 2.05) is 0 Å². The van der Waals surface area contributed by atoms with Crippen LogP contribution in [0.4, 0.5) is 13.2 Å². The van der Waals surface area contributed by atoms with Crippen LogP contribution < -0.4 is 4.74 Å². The predicted octanol–water partition coefficient (Wildman–Crippen LogP) is 5.68. The van der Waals surface area contributed by atoms with Crippen LogP contribution in [0.5, 0.6) is 5.75 Å². The molecule has 0 aromatic heterocycles. The molecular formula is C20H25F3O2. The minimum absolute atomic E-state index is 0.294. The van der Waals surface area contributed by atoms with Crippen molar-refractivity contribution in [3.63, 3.8) is 0 Å². The van der Waals surface area contributed by atoms with E-state index in [4.69, 9.17) is 4.74 Å². The molecule has 2 aliphatic rings. The van der Waals surface area contributed by atoms with E-state index in [1.165, 1.54) is 12.1 Å². The highest BCUT2D eigenvalue weighted by Gasteiger charge is 2.36. The summed E-state index contributed by atoms with van der Waals surface area (Å²) in [6, 6.07) is 4.41. The summed E-state index contributed by atoms with van der Waals surface area (Å²) in [5.41, 5.74) is 0.891. The minimum atomic E-state index is -3.01. The van der Waals surface area contributed by atoms with Gasteiger partial charge in [-0.05, 0) is 74.0 Å². The molecule has 0 N–H and O–H groups in total. The number of ether oxygens (including phenoxy) is 2. The van der Waals surface area contributed by atoms with E-state index in [9.17, 15) is 13.2 Å². The Bertz CT molecular complexity index is 590. The van der Waals surface area contributed by atoms with Gasteiger partial charge in [0.15, 0.2) is 11.6 Å². The smallest absolute Gasteiger partial charge is 0.387 e. The van der Waals surface area contributed by atoms with Gasteiger partial charge in [0.05, 0.1) is 12.7 Å². The Hall–Kier alpha value is -1.49. The average Bonchev–Trinajstić information content (AvgIpc) is 2.60. The van der Waals surface area contributed by atoms with Gasteiger partial charge in [-0.25, -0.2) is 4.39 Å². The molecule has 138 valence electrons. The minimum Gasteiger partial charge on any atom is -0.432 e. The number of rotatable bonds is 6. The number of hydrogen-bond donors (Lipinski definition) is 0. The summed E-state index contributed by atoms with van der Waals surface area (Å²) < 4.78 is 48.5. The summed E-state index contributed by atoms with van der Waals surface area (Å²) in [6.07, 6.45) is 8.57. The average molecular weight is 354 g/mol. The quantitative estimate of drug-likeness (QED) is 0.612. The summed E-state index contributed by atoms with van der Waals surface area (Å²) in [7, 11) is 0. The van der Waals surface area contributed by atoms with Crippen molar-refractivity contribution >= 4 is 0 Å². The van der Waals surface area contributed by atoms with Gasteiger partial charge < -0.3 is 9.47 Å². The maximum Gasteiger partial charge on any atom is 0.387 e. The molecule has 0 amide bonds. The lowest BCUT2D eigenvalue weighted by molar-refractivity contribution is -0.0522. The van der Waals surface area contributed by atoms with Gasteiger partial charge in [0.1, 0.15) is 0 Å². The van der Waals surface area contributed by atoms with Crippen LogP contribution in [0, 0.1) is 17.7 Å². The summed E-state index contributed by atoms with van der Waals surface area (Å²) in [5, 5.41) is 0. The molecule has 25 heavy (non-hydrogen) atoms. The Labute approximate surface area is 147 Å². The highest BCUT2D eigenvalue weighted by molar-refractivity contribution is 5.31. The largest absolute Gasteiger partial charge is 0.432 e. The van der Waals surface area contributed by atoms with Crippen LogP contribution in [0.15, 0.2) is 30.9 Å². The Kier molecular flexibility index (Phi) is 6.05. The van der Waals surface area contributed by atoms with Crippen LogP contribution in [0.25, 0.3) is 0 Å². The van der Waals surface area contributed by atoms with Crippen molar-refractivity contribution in [3.8, 4) is 5.75 Å². The maximum atomic E-state index is 14.0. The van der Waals surface area contributed by atoms with E-state index in [0.717, 1.165) is 44.1 Å². The normalized spacial score (nSPS) is 29.3. The summed E-state index contributed by atoms with van der Waals surface area (Å²) >= 11 is 0. The second kappa shape index (κ2) is 8.26. The molecule has 1 aromatic carbocycles. The predicted molar refractivity (Wildman–Crippen MR) is 90.4 cm³/mol. The molecule has 0 bridgehead atoms. The first kappa shape index (κ1) is 18.3. The Morgan fingerprint density at radius 3 is 2.60 bits per heavy atom. The van der Waals surface area contributed by atoms with Gasteiger partial charge in [0.2, 0.25) is 0 Å². The molecule has 2 saturated carbocycles. The number of fused-ring (bicyclic) bond motifs is 1. The third kappa shape index (κ3) is 4.57. The molecule has 0 heterocycles. The second-order valence-corrected chi connectivity index (χ2v) is 7.16. The molecule has 3 rings (SSSR count). The van der Waals surface area contributed by atoms with E-state index < -0.39 is 12.4 Å². The van der Waals surface area contributed by atoms with Crippen molar-refractivity contribution in [3.05, 3.63) is 42.2 Å². The van der Waals surface area contributed by atoms with Crippen molar-refractivity contribution in [2.24, 2.45) is 11.8 Å². The number of halogens is 3. The van der Waals surface area contributed by atoms with E-state index >= 15 is 0 Å². The molecule has 2 fully saturated rings. The van der Waals surface area contributed by atoms with Gasteiger partial charge in [-0.1, -0.05) is 12.1 Å². The zero-order valence-electron chi connectivity index (χ0n) is 14.3. The molecule has 0 radical (unpaired) electrons. The van der Waals surface area contributed by atoms with Crippen molar-refractivity contribution in [2.45, 2.75) is 57.2 Å². The Morgan fingerprint density at radius 2 is 1.88 bits per heavy atom. The van der Waals surface area contributed by atoms with Crippen LogP contribution in [-0.4, -0.2) is 19.3 Å². The number of hydrogen-bond acceptors (Lipinski definition) is 2. The summed E-state index contributed by atoms with van der Waals surface area (Å²) in [6.45, 7) is 1.30. The van der Waals surface area contributed by atoms with Crippen LogP contribution >= 0.6 is 0 Å². The number of benzene rings is 1. The van der Waals surface area contributed by atoms with E-state index in [0.29, 0.717) is 30.5 Å². The molecule has 5 heteroatoms. The topological polar surface area (TPSA) is 18.5 Å². The Balaban J connectivity index is 1.60. The van der Waals surface area contributed by atoms with Crippen molar-refractivity contribution in [1.82, 2.24) is 0 Å². The van der Waals surface area contributed by atoms with Gasteiger partial charge >= 0.3 is 6.61 Å². The van der Waals surface area contributed by atoms with Crippen LogP contribution in [0.3, 0.4) is 0 Å². The third-order valence-electron chi connectivity index (χ3n) is 5.66. The van der Waals surface area contributed by atoms with E-state index in [-0.39, 0.29) is 5.75 Å². The fourth-order valence-electron chi connectivity index (χ4n) is 4.47. The molecule has 0 saturated heterocycles. The van der Waals surface area contributed by atoms with Crippen LogP contribution in [0.1, 0.15) is 50.0 Å². The van der Waals surface area contributed by atoms with Gasteiger partial charge in [-0.15, -0.1) is 6.58 Å². The van der Waals surface area contributed by atoms with Crippen molar-refractivity contribution in [2.75, 3.05) is 6.61 Å². The molecule has 0 spiro atoms. The molecule has 4 atom stereocenters. The van der Waals surface area contributed by atoms with Gasteiger partial charge in [0, 0.05) is 0 Å². The van der Waals surface area contributed by atoms with Gasteiger partial charge in [0.25, 0.3) is 0 Å². The zero-order valence-corrected chi connectivity index (χ0v) is 14.3. The molecule has 0 aliphatic heterocycles. The van der Waals surface area contributed by atoms with Crippen molar-refractivity contribution < 1.29 is 22.6 Å². The Morgan fingerprint density at radius 1 is 1.12 bits per heavy atom. The standard InChI is InChI=1S/C20H25F3O2/c1-2-9-24-17-7-5-14-10-13(3-4-15(14)11-17)16-6-8-19(18(21)12-16)25-20(22)23/h2,6,8,12-15,17,20H,1,3-5,7,9-11H2.